The van der Waals surface area contributed by atoms with Gasteiger partial charge in [0.25, 0.3) is 5.91 Å². The van der Waals surface area contributed by atoms with E-state index in [1.165, 1.54) is 6.20 Å². The number of hydrogen-bond donors (Lipinski definition) is 1. The molecule has 0 spiro atoms. The molecule has 0 fully saturated rings. The maximum Gasteiger partial charge on any atom is 0.338 e. The van der Waals surface area contributed by atoms with E-state index in [-0.39, 0.29) is 12.5 Å². The highest BCUT2D eigenvalue weighted by Gasteiger charge is 2.20. The lowest BCUT2D eigenvalue weighted by atomic mass is 10.1. The maximum atomic E-state index is 11.9. The minimum atomic E-state index is -0.446. The van der Waals surface area contributed by atoms with Crippen molar-refractivity contribution in [3.63, 3.8) is 0 Å². The normalized spacial score (nSPS) is 12.7. The summed E-state index contributed by atoms with van der Waals surface area (Å²) in [6, 6.07) is 4.89. The maximum absolute atomic E-state index is 11.9. The van der Waals surface area contributed by atoms with Crippen molar-refractivity contribution < 1.29 is 14.3 Å². The summed E-state index contributed by atoms with van der Waals surface area (Å²) in [5.74, 6) is -0.558. The Morgan fingerprint density at radius 3 is 3.05 bits per heavy atom. The van der Waals surface area contributed by atoms with Crippen LogP contribution in [-0.4, -0.2) is 21.8 Å². The fourth-order valence-corrected chi connectivity index (χ4v) is 1.99. The average Bonchev–Trinajstić information content (AvgIpc) is 2.87. The zero-order valence-corrected chi connectivity index (χ0v) is 10.5. The number of esters is 1. The van der Waals surface area contributed by atoms with Crippen LogP contribution < -0.4 is 5.32 Å². The molecule has 0 radical (unpaired) electrons. The predicted octanol–water partition coefficient (Wildman–Crippen LogP) is 1.08. The Morgan fingerprint density at radius 2 is 2.25 bits per heavy atom. The molecule has 1 amide bonds. The number of fused-ring (bicyclic) bond motifs is 1. The third-order valence-electron chi connectivity index (χ3n) is 2.99. The van der Waals surface area contributed by atoms with Crippen molar-refractivity contribution in [2.75, 3.05) is 0 Å². The summed E-state index contributed by atoms with van der Waals surface area (Å²) < 4.78 is 5.15. The van der Waals surface area contributed by atoms with Gasteiger partial charge in [-0.1, -0.05) is 0 Å². The van der Waals surface area contributed by atoms with E-state index in [9.17, 15) is 9.59 Å². The number of aromatic nitrogens is 2. The molecule has 6 heteroatoms. The third kappa shape index (κ3) is 2.35. The fourth-order valence-electron chi connectivity index (χ4n) is 1.99. The van der Waals surface area contributed by atoms with E-state index in [2.05, 4.69) is 15.3 Å². The van der Waals surface area contributed by atoms with Crippen molar-refractivity contribution in [1.29, 1.82) is 0 Å². The van der Waals surface area contributed by atoms with Gasteiger partial charge < -0.3 is 10.1 Å². The average molecular weight is 269 g/mol. The van der Waals surface area contributed by atoms with E-state index < -0.39 is 5.97 Å². The summed E-state index contributed by atoms with van der Waals surface area (Å²) in [7, 11) is 0. The summed E-state index contributed by atoms with van der Waals surface area (Å²) in [6.07, 6.45) is 4.63. The van der Waals surface area contributed by atoms with Crippen molar-refractivity contribution >= 4 is 11.9 Å². The first-order valence-electron chi connectivity index (χ1n) is 6.07. The van der Waals surface area contributed by atoms with Crippen molar-refractivity contribution in [1.82, 2.24) is 15.3 Å². The molecular formula is C14H11N3O3. The molecule has 0 atom stereocenters. The lowest BCUT2D eigenvalue weighted by Crippen LogP contribution is -2.12. The second-order valence-corrected chi connectivity index (χ2v) is 4.33. The summed E-state index contributed by atoms with van der Waals surface area (Å²) in [4.78, 5) is 31.2. The molecule has 100 valence electrons. The van der Waals surface area contributed by atoms with Gasteiger partial charge in [0.15, 0.2) is 0 Å². The van der Waals surface area contributed by atoms with Crippen molar-refractivity contribution in [3.05, 3.63) is 59.2 Å². The predicted molar refractivity (Wildman–Crippen MR) is 68.8 cm³/mol. The molecule has 1 aliphatic heterocycles. The Hall–Kier alpha value is -2.76. The first kappa shape index (κ1) is 12.3. The second-order valence-electron chi connectivity index (χ2n) is 4.33. The molecule has 2 aromatic rings. The minimum Gasteiger partial charge on any atom is -0.456 e. The molecule has 1 N–H and O–H groups in total. The molecule has 0 bridgehead atoms. The molecule has 1 aromatic heterocycles. The van der Waals surface area contributed by atoms with E-state index >= 15 is 0 Å². The number of benzene rings is 1. The van der Waals surface area contributed by atoms with E-state index in [1.807, 2.05) is 0 Å². The quantitative estimate of drug-likeness (QED) is 0.843. The van der Waals surface area contributed by atoms with E-state index in [4.69, 9.17) is 4.74 Å². The van der Waals surface area contributed by atoms with Gasteiger partial charge in [-0.25, -0.2) is 4.79 Å². The van der Waals surface area contributed by atoms with Crippen LogP contribution in [0.15, 0.2) is 36.8 Å². The van der Waals surface area contributed by atoms with Crippen LogP contribution in [0.4, 0.5) is 0 Å². The molecule has 0 saturated carbocycles. The Bertz CT molecular complexity index is 671. The number of amides is 1. The smallest absolute Gasteiger partial charge is 0.338 e. The summed E-state index contributed by atoms with van der Waals surface area (Å²) in [5.41, 5.74) is 2.42. The summed E-state index contributed by atoms with van der Waals surface area (Å²) >= 11 is 0. The van der Waals surface area contributed by atoms with Crippen LogP contribution in [0.5, 0.6) is 0 Å². The van der Waals surface area contributed by atoms with Crippen LogP contribution in [0.2, 0.25) is 0 Å². The van der Waals surface area contributed by atoms with Crippen LogP contribution >= 0.6 is 0 Å². The standard InChI is InChI=1S/C14H11N3O3/c18-13-12-2-1-9(5-10(12)6-17-13)14(19)20-8-11-7-15-3-4-16-11/h1-5,7H,6,8H2,(H,17,18). The zero-order chi connectivity index (χ0) is 13.9. The number of carbonyl (C=O) groups is 2. The lowest BCUT2D eigenvalue weighted by molar-refractivity contribution is 0.0467. The van der Waals surface area contributed by atoms with Crippen LogP contribution in [-0.2, 0) is 17.9 Å². The highest BCUT2D eigenvalue weighted by Crippen LogP contribution is 2.18. The van der Waals surface area contributed by atoms with Gasteiger partial charge in [0.2, 0.25) is 0 Å². The molecule has 1 aromatic carbocycles. The first-order valence-corrected chi connectivity index (χ1v) is 6.07. The monoisotopic (exact) mass is 269 g/mol. The van der Waals surface area contributed by atoms with Crippen molar-refractivity contribution in [3.8, 4) is 0 Å². The number of ether oxygens (including phenoxy) is 1. The molecular weight excluding hydrogens is 258 g/mol. The highest BCUT2D eigenvalue weighted by molar-refractivity contribution is 6.00. The molecule has 6 nitrogen and oxygen atoms in total. The number of rotatable bonds is 3. The van der Waals surface area contributed by atoms with Gasteiger partial charge in [-0.2, -0.15) is 0 Å². The molecule has 0 aliphatic carbocycles. The Labute approximate surface area is 114 Å². The van der Waals surface area contributed by atoms with Crippen LogP contribution in [0.1, 0.15) is 32.0 Å². The third-order valence-corrected chi connectivity index (χ3v) is 2.99. The Morgan fingerprint density at radius 1 is 1.35 bits per heavy atom. The zero-order valence-electron chi connectivity index (χ0n) is 10.5. The van der Waals surface area contributed by atoms with Gasteiger partial charge in [0.1, 0.15) is 6.61 Å². The van der Waals surface area contributed by atoms with Gasteiger partial charge in [-0.15, -0.1) is 0 Å². The molecule has 1 aliphatic rings. The summed E-state index contributed by atoms with van der Waals surface area (Å²) in [5, 5.41) is 2.70. The largest absolute Gasteiger partial charge is 0.456 e. The van der Waals surface area contributed by atoms with Crippen molar-refractivity contribution in [2.45, 2.75) is 13.2 Å². The molecule has 3 rings (SSSR count). The topological polar surface area (TPSA) is 81.2 Å². The summed E-state index contributed by atoms with van der Waals surface area (Å²) in [6.45, 7) is 0.514. The van der Waals surface area contributed by atoms with Gasteiger partial charge in [0, 0.05) is 24.5 Å². The molecule has 0 unspecified atom stereocenters. The second kappa shape index (κ2) is 5.08. The first-order chi connectivity index (χ1) is 9.74. The Kier molecular flexibility index (Phi) is 3.12. The highest BCUT2D eigenvalue weighted by atomic mass is 16.5. The van der Waals surface area contributed by atoms with E-state index in [1.54, 1.807) is 30.6 Å². The minimum absolute atomic E-state index is 0.0704. The lowest BCUT2D eigenvalue weighted by Gasteiger charge is -2.05. The number of nitrogens with one attached hydrogen (secondary N) is 1. The molecule has 2 heterocycles. The Balaban J connectivity index is 1.70. The SMILES string of the molecule is O=C(OCc1cnccn1)c1ccc2c(c1)CNC2=O. The number of nitrogens with zero attached hydrogens (tertiary/aromatic N) is 2. The molecule has 20 heavy (non-hydrogen) atoms. The van der Waals surface area contributed by atoms with Gasteiger partial charge in [0.05, 0.1) is 17.5 Å². The van der Waals surface area contributed by atoms with Gasteiger partial charge in [-0.3, -0.25) is 14.8 Å². The van der Waals surface area contributed by atoms with Crippen molar-refractivity contribution in [2.24, 2.45) is 0 Å². The number of carbonyl (C=O) groups excluding carboxylic acids is 2. The number of hydrogen-bond acceptors (Lipinski definition) is 5. The van der Waals surface area contributed by atoms with E-state index in [0.717, 1.165) is 5.56 Å². The van der Waals surface area contributed by atoms with Gasteiger partial charge in [-0.05, 0) is 23.8 Å². The van der Waals surface area contributed by atoms with E-state index in [0.29, 0.717) is 23.4 Å². The fraction of sp³-hybridized carbons (Fsp3) is 0.143. The van der Waals surface area contributed by atoms with Gasteiger partial charge >= 0.3 is 5.97 Å². The van der Waals surface area contributed by atoms with Crippen LogP contribution in [0, 0.1) is 0 Å². The molecule has 0 saturated heterocycles. The van der Waals surface area contributed by atoms with Crippen LogP contribution in [0.25, 0.3) is 0 Å². The van der Waals surface area contributed by atoms with Crippen LogP contribution in [0.3, 0.4) is 0 Å².